The van der Waals surface area contributed by atoms with Crippen molar-refractivity contribution in [3.05, 3.63) is 23.8 Å². The summed E-state index contributed by atoms with van der Waals surface area (Å²) in [6.45, 7) is 0.0402. The Labute approximate surface area is 181 Å². The van der Waals surface area contributed by atoms with Gasteiger partial charge in [-0.25, -0.2) is 0 Å². The van der Waals surface area contributed by atoms with Gasteiger partial charge in [-0.15, -0.1) is 0 Å². The number of benzene rings is 1. The molecule has 0 atom stereocenters. The molecule has 0 bridgehead atoms. The van der Waals surface area contributed by atoms with Gasteiger partial charge in [0.05, 0.1) is 28.4 Å². The maximum absolute atomic E-state index is 12.9. The number of nitrogens with zero attached hydrogens (tertiary/aromatic N) is 2. The van der Waals surface area contributed by atoms with Gasteiger partial charge in [0.25, 0.3) is 5.91 Å². The van der Waals surface area contributed by atoms with Crippen LogP contribution < -0.4 is 9.47 Å². The molecular formula is C21H28N2O8. The molecule has 1 aliphatic heterocycles. The molecule has 0 unspecified atom stereocenters. The highest BCUT2D eigenvalue weighted by Crippen LogP contribution is 2.26. The van der Waals surface area contributed by atoms with Crippen LogP contribution in [0.1, 0.15) is 23.2 Å². The standard InChI is InChI=1S/C21H28N2O8/c1-28-16-9-15(10-17(11-16)29-2)21(27)22-7-5-14(6-8-22)20(26)23(12-18(24)30-3)13-19(25)31-4/h9-11,14H,5-8,12-13H2,1-4H3. The van der Waals surface area contributed by atoms with E-state index in [0.717, 1.165) is 4.90 Å². The summed E-state index contributed by atoms with van der Waals surface area (Å²) < 4.78 is 19.7. The van der Waals surface area contributed by atoms with Gasteiger partial charge >= 0.3 is 11.9 Å². The number of likely N-dealkylation sites (tertiary alicyclic amines) is 1. The van der Waals surface area contributed by atoms with E-state index < -0.39 is 17.9 Å². The lowest BCUT2D eigenvalue weighted by molar-refractivity contribution is -0.154. The van der Waals surface area contributed by atoms with Crippen LogP contribution in [-0.2, 0) is 23.9 Å². The first-order valence-corrected chi connectivity index (χ1v) is 9.77. The Morgan fingerprint density at radius 3 is 1.77 bits per heavy atom. The van der Waals surface area contributed by atoms with E-state index in [2.05, 4.69) is 9.47 Å². The van der Waals surface area contributed by atoms with Gasteiger partial charge in [-0.05, 0) is 25.0 Å². The molecule has 1 aromatic rings. The molecule has 0 aliphatic carbocycles. The van der Waals surface area contributed by atoms with Crippen LogP contribution >= 0.6 is 0 Å². The van der Waals surface area contributed by atoms with E-state index in [1.807, 2.05) is 0 Å². The summed E-state index contributed by atoms with van der Waals surface area (Å²) in [5, 5.41) is 0. The van der Waals surface area contributed by atoms with Crippen LogP contribution in [0.5, 0.6) is 11.5 Å². The lowest BCUT2D eigenvalue weighted by atomic mass is 9.94. The van der Waals surface area contributed by atoms with Crippen molar-refractivity contribution < 1.29 is 38.1 Å². The second kappa shape index (κ2) is 11.2. The largest absolute Gasteiger partial charge is 0.497 e. The van der Waals surface area contributed by atoms with Crippen LogP contribution in [-0.4, -0.2) is 88.2 Å². The van der Waals surface area contributed by atoms with Gasteiger partial charge in [-0.2, -0.15) is 0 Å². The predicted octanol–water partition coefficient (Wildman–Crippen LogP) is 0.731. The lowest BCUT2D eigenvalue weighted by Crippen LogP contribution is -2.47. The van der Waals surface area contributed by atoms with Crippen molar-refractivity contribution in [1.82, 2.24) is 9.80 Å². The number of piperidine rings is 1. The summed E-state index contributed by atoms with van der Waals surface area (Å²) in [6.07, 6.45) is 0.815. The number of hydrogen-bond donors (Lipinski definition) is 0. The van der Waals surface area contributed by atoms with E-state index in [9.17, 15) is 19.2 Å². The van der Waals surface area contributed by atoms with E-state index in [4.69, 9.17) is 9.47 Å². The maximum Gasteiger partial charge on any atom is 0.325 e. The third-order valence-corrected chi connectivity index (χ3v) is 5.14. The fourth-order valence-corrected chi connectivity index (χ4v) is 3.35. The molecule has 0 radical (unpaired) electrons. The normalized spacial score (nSPS) is 13.9. The van der Waals surface area contributed by atoms with Crippen molar-refractivity contribution in [2.24, 2.45) is 5.92 Å². The maximum atomic E-state index is 12.9. The minimum atomic E-state index is -0.628. The topological polar surface area (TPSA) is 112 Å². The Morgan fingerprint density at radius 2 is 1.35 bits per heavy atom. The number of rotatable bonds is 8. The summed E-state index contributed by atoms with van der Waals surface area (Å²) in [4.78, 5) is 51.9. The summed E-state index contributed by atoms with van der Waals surface area (Å²) in [5.41, 5.74) is 0.430. The Bertz CT molecular complexity index is 777. The quantitative estimate of drug-likeness (QED) is 0.549. The van der Waals surface area contributed by atoms with E-state index >= 15 is 0 Å². The summed E-state index contributed by atoms with van der Waals surface area (Å²) in [6, 6.07) is 4.95. The zero-order chi connectivity index (χ0) is 23.0. The molecule has 31 heavy (non-hydrogen) atoms. The van der Waals surface area contributed by atoms with Crippen LogP contribution in [0.4, 0.5) is 0 Å². The summed E-state index contributed by atoms with van der Waals surface area (Å²) in [7, 11) is 5.44. The first-order valence-electron chi connectivity index (χ1n) is 9.77. The van der Waals surface area contributed by atoms with Crippen LogP contribution in [0.2, 0.25) is 0 Å². The van der Waals surface area contributed by atoms with E-state index in [0.29, 0.717) is 43.0 Å². The van der Waals surface area contributed by atoms with Crippen molar-refractivity contribution in [2.45, 2.75) is 12.8 Å². The molecule has 1 heterocycles. The Hall–Kier alpha value is -3.30. The molecule has 10 nitrogen and oxygen atoms in total. The fraction of sp³-hybridized carbons (Fsp3) is 0.524. The predicted molar refractivity (Wildman–Crippen MR) is 109 cm³/mol. The zero-order valence-corrected chi connectivity index (χ0v) is 18.2. The number of carbonyl (C=O) groups excluding carboxylic acids is 4. The zero-order valence-electron chi connectivity index (χ0n) is 18.2. The Kier molecular flexibility index (Phi) is 8.65. The highest BCUT2D eigenvalue weighted by atomic mass is 16.5. The van der Waals surface area contributed by atoms with Gasteiger partial charge in [0.15, 0.2) is 0 Å². The Morgan fingerprint density at radius 1 is 0.871 bits per heavy atom. The van der Waals surface area contributed by atoms with Crippen LogP contribution in [0.3, 0.4) is 0 Å². The van der Waals surface area contributed by atoms with E-state index in [-0.39, 0.29) is 24.9 Å². The van der Waals surface area contributed by atoms with Crippen molar-refractivity contribution in [2.75, 3.05) is 54.6 Å². The molecule has 0 spiro atoms. The van der Waals surface area contributed by atoms with Gasteiger partial charge in [0, 0.05) is 30.6 Å². The number of methoxy groups -OCH3 is 4. The van der Waals surface area contributed by atoms with Gasteiger partial charge in [0.1, 0.15) is 24.6 Å². The molecule has 1 aliphatic rings. The Balaban J connectivity index is 2.04. The van der Waals surface area contributed by atoms with E-state index in [1.165, 1.54) is 28.4 Å². The SMILES string of the molecule is COC(=O)CN(CC(=O)OC)C(=O)C1CCN(C(=O)c2cc(OC)cc(OC)c2)CC1. The molecule has 1 aromatic carbocycles. The highest BCUT2D eigenvalue weighted by Gasteiger charge is 2.32. The van der Waals surface area contributed by atoms with Gasteiger partial charge in [-0.3, -0.25) is 19.2 Å². The molecule has 0 aromatic heterocycles. The van der Waals surface area contributed by atoms with Crippen LogP contribution in [0.15, 0.2) is 18.2 Å². The second-order valence-corrected chi connectivity index (χ2v) is 7.01. The summed E-state index contributed by atoms with van der Waals surface area (Å²) >= 11 is 0. The number of hydrogen-bond acceptors (Lipinski definition) is 8. The van der Waals surface area contributed by atoms with Crippen molar-refractivity contribution in [3.63, 3.8) is 0 Å². The number of carbonyl (C=O) groups is 4. The minimum Gasteiger partial charge on any atom is -0.497 e. The third kappa shape index (κ3) is 6.34. The van der Waals surface area contributed by atoms with Crippen molar-refractivity contribution >= 4 is 23.8 Å². The molecule has 1 saturated heterocycles. The molecule has 1 fully saturated rings. The monoisotopic (exact) mass is 436 g/mol. The second-order valence-electron chi connectivity index (χ2n) is 7.01. The number of ether oxygens (including phenoxy) is 4. The molecular weight excluding hydrogens is 408 g/mol. The molecule has 170 valence electrons. The number of amides is 2. The van der Waals surface area contributed by atoms with E-state index in [1.54, 1.807) is 23.1 Å². The highest BCUT2D eigenvalue weighted by molar-refractivity contribution is 5.95. The smallest absolute Gasteiger partial charge is 0.325 e. The third-order valence-electron chi connectivity index (χ3n) is 5.14. The first-order chi connectivity index (χ1) is 14.8. The molecule has 0 saturated carbocycles. The average molecular weight is 436 g/mol. The van der Waals surface area contributed by atoms with Gasteiger partial charge in [0.2, 0.25) is 5.91 Å². The van der Waals surface area contributed by atoms with Gasteiger partial charge < -0.3 is 28.7 Å². The van der Waals surface area contributed by atoms with Crippen molar-refractivity contribution in [1.29, 1.82) is 0 Å². The molecule has 2 amide bonds. The molecule has 2 rings (SSSR count). The van der Waals surface area contributed by atoms with Gasteiger partial charge in [-0.1, -0.05) is 0 Å². The fourth-order valence-electron chi connectivity index (χ4n) is 3.35. The summed E-state index contributed by atoms with van der Waals surface area (Å²) in [5.74, 6) is -1.19. The molecule has 0 N–H and O–H groups in total. The lowest BCUT2D eigenvalue weighted by Gasteiger charge is -2.33. The number of esters is 2. The van der Waals surface area contributed by atoms with Crippen molar-refractivity contribution in [3.8, 4) is 11.5 Å². The van der Waals surface area contributed by atoms with Crippen LogP contribution in [0.25, 0.3) is 0 Å². The average Bonchev–Trinajstić information content (AvgIpc) is 2.81. The van der Waals surface area contributed by atoms with Crippen LogP contribution in [0, 0.1) is 5.92 Å². The minimum absolute atomic E-state index is 0.191. The molecule has 10 heteroatoms. The first kappa shape index (κ1) is 24.0.